The Bertz CT molecular complexity index is 275. The lowest BCUT2D eigenvalue weighted by Crippen LogP contribution is -2.52. The zero-order chi connectivity index (χ0) is 11.0. The van der Waals surface area contributed by atoms with Gasteiger partial charge in [-0.2, -0.15) is 0 Å². The molecule has 0 spiro atoms. The van der Waals surface area contributed by atoms with Gasteiger partial charge >= 0.3 is 0 Å². The maximum absolute atomic E-state index is 9.77. The summed E-state index contributed by atoms with van der Waals surface area (Å²) in [4.78, 5) is 4.10. The van der Waals surface area contributed by atoms with Crippen molar-refractivity contribution in [1.29, 1.82) is 0 Å². The van der Waals surface area contributed by atoms with E-state index in [0.29, 0.717) is 6.02 Å². The van der Waals surface area contributed by atoms with Gasteiger partial charge in [-0.05, 0) is 0 Å². The van der Waals surface area contributed by atoms with E-state index >= 15 is 0 Å². The number of aliphatic hydroxyl groups is 3. The van der Waals surface area contributed by atoms with Crippen LogP contribution in [0.3, 0.4) is 0 Å². The highest BCUT2D eigenvalue weighted by Gasteiger charge is 2.48. The number of fused-ring (bicyclic) bond motifs is 1. The van der Waals surface area contributed by atoms with Crippen LogP contribution in [0.1, 0.15) is 0 Å². The Morgan fingerprint density at radius 1 is 1.47 bits per heavy atom. The first-order valence-electron chi connectivity index (χ1n) is 4.72. The third-order valence-electron chi connectivity index (χ3n) is 2.56. The van der Waals surface area contributed by atoms with Crippen molar-refractivity contribution >= 4 is 17.8 Å². The van der Waals surface area contributed by atoms with E-state index in [1.54, 1.807) is 7.05 Å². The summed E-state index contributed by atoms with van der Waals surface area (Å²) in [5.74, 6) is 0. The Morgan fingerprint density at radius 3 is 2.80 bits per heavy atom. The molecule has 1 fully saturated rings. The first kappa shape index (κ1) is 11.0. The van der Waals surface area contributed by atoms with Crippen LogP contribution < -0.4 is 5.32 Å². The monoisotopic (exact) mass is 234 g/mol. The SMILES string of the molecule is CNC1=N[C@H]2[C@@H](O1)S[C@@H](CO)C(O)[C@@H]2O. The predicted molar refractivity (Wildman–Crippen MR) is 55.6 cm³/mol. The second-order valence-electron chi connectivity index (χ2n) is 3.50. The summed E-state index contributed by atoms with van der Waals surface area (Å²) in [5.41, 5.74) is -0.331. The summed E-state index contributed by atoms with van der Waals surface area (Å²) in [5, 5.41) is 30.8. The van der Waals surface area contributed by atoms with Gasteiger partial charge in [-0.15, -0.1) is 11.8 Å². The highest BCUT2D eigenvalue weighted by atomic mass is 32.2. The smallest absolute Gasteiger partial charge is 0.286 e. The lowest BCUT2D eigenvalue weighted by molar-refractivity contribution is -0.0192. The van der Waals surface area contributed by atoms with Gasteiger partial charge in [0.25, 0.3) is 6.02 Å². The quantitative estimate of drug-likeness (QED) is 0.424. The molecule has 86 valence electrons. The van der Waals surface area contributed by atoms with Gasteiger partial charge in [0.2, 0.25) is 0 Å². The zero-order valence-electron chi connectivity index (χ0n) is 8.20. The van der Waals surface area contributed by atoms with Crippen LogP contribution in [0.4, 0.5) is 0 Å². The molecule has 15 heavy (non-hydrogen) atoms. The van der Waals surface area contributed by atoms with E-state index < -0.39 is 23.5 Å². The fourth-order valence-corrected chi connectivity index (χ4v) is 2.98. The first-order valence-corrected chi connectivity index (χ1v) is 5.66. The Labute approximate surface area is 91.3 Å². The van der Waals surface area contributed by atoms with Crippen molar-refractivity contribution in [2.45, 2.75) is 28.9 Å². The molecule has 0 amide bonds. The Hall–Kier alpha value is -0.500. The molecule has 0 aliphatic carbocycles. The topological polar surface area (TPSA) is 94.3 Å². The van der Waals surface area contributed by atoms with Crippen LogP contribution in [0.25, 0.3) is 0 Å². The van der Waals surface area contributed by atoms with Crippen molar-refractivity contribution < 1.29 is 20.1 Å². The van der Waals surface area contributed by atoms with Gasteiger partial charge < -0.3 is 25.4 Å². The van der Waals surface area contributed by atoms with Crippen molar-refractivity contribution in [2.75, 3.05) is 13.7 Å². The molecular weight excluding hydrogens is 220 g/mol. The number of rotatable bonds is 1. The van der Waals surface area contributed by atoms with Gasteiger partial charge in [0.05, 0.1) is 18.0 Å². The van der Waals surface area contributed by atoms with Gasteiger partial charge in [-0.25, -0.2) is 4.99 Å². The molecule has 1 unspecified atom stereocenters. The van der Waals surface area contributed by atoms with Crippen LogP contribution in [-0.2, 0) is 4.74 Å². The lowest BCUT2D eigenvalue weighted by atomic mass is 10.0. The Kier molecular flexibility index (Phi) is 3.06. The van der Waals surface area contributed by atoms with Crippen LogP contribution in [-0.4, -0.2) is 63.9 Å². The maximum atomic E-state index is 9.77. The zero-order valence-corrected chi connectivity index (χ0v) is 9.02. The van der Waals surface area contributed by atoms with E-state index in [-0.39, 0.29) is 12.0 Å². The van der Waals surface area contributed by atoms with Crippen LogP contribution in [0.15, 0.2) is 4.99 Å². The average molecular weight is 234 g/mol. The van der Waals surface area contributed by atoms with E-state index in [9.17, 15) is 10.2 Å². The predicted octanol–water partition coefficient (Wildman–Crippen LogP) is -1.88. The number of ether oxygens (including phenoxy) is 1. The standard InChI is InChI=1S/C8H14N2O4S/c1-9-8-10-4-6(13)5(12)3(2-11)15-7(4)14-8/h3-7,11-13H,2H2,1H3,(H,9,10)/t3-,4+,5?,6+,7-/m0/s1. The third kappa shape index (κ3) is 1.80. The van der Waals surface area contributed by atoms with Gasteiger partial charge in [0.1, 0.15) is 12.1 Å². The molecule has 5 atom stereocenters. The van der Waals surface area contributed by atoms with E-state index in [1.165, 1.54) is 11.8 Å². The summed E-state index contributed by atoms with van der Waals surface area (Å²) < 4.78 is 5.38. The molecule has 0 radical (unpaired) electrons. The lowest BCUT2D eigenvalue weighted by Gasteiger charge is -2.36. The molecule has 2 aliphatic rings. The molecule has 0 aromatic heterocycles. The van der Waals surface area contributed by atoms with E-state index in [2.05, 4.69) is 10.3 Å². The van der Waals surface area contributed by atoms with Crippen molar-refractivity contribution in [3.8, 4) is 0 Å². The van der Waals surface area contributed by atoms with Gasteiger partial charge in [-0.1, -0.05) is 0 Å². The maximum Gasteiger partial charge on any atom is 0.286 e. The number of hydrogen-bond acceptors (Lipinski definition) is 7. The number of nitrogens with one attached hydrogen (secondary N) is 1. The fraction of sp³-hybridized carbons (Fsp3) is 0.875. The first-order chi connectivity index (χ1) is 7.17. The summed E-state index contributed by atoms with van der Waals surface area (Å²) >= 11 is 1.30. The second kappa shape index (κ2) is 4.17. The average Bonchev–Trinajstić information content (AvgIpc) is 2.66. The molecule has 0 bridgehead atoms. The van der Waals surface area contributed by atoms with Crippen molar-refractivity contribution in [3.63, 3.8) is 0 Å². The van der Waals surface area contributed by atoms with E-state index in [0.717, 1.165) is 0 Å². The minimum Gasteiger partial charge on any atom is -0.448 e. The highest BCUT2D eigenvalue weighted by Crippen LogP contribution is 2.37. The Balaban J connectivity index is 2.12. The highest BCUT2D eigenvalue weighted by molar-refractivity contribution is 8.00. The van der Waals surface area contributed by atoms with E-state index in [4.69, 9.17) is 9.84 Å². The molecule has 7 heteroatoms. The normalized spacial score (nSPS) is 44.3. The molecule has 2 aliphatic heterocycles. The third-order valence-corrected chi connectivity index (χ3v) is 3.98. The van der Waals surface area contributed by atoms with Crippen LogP contribution in [0.5, 0.6) is 0 Å². The summed E-state index contributed by atoms with van der Waals surface area (Å²) in [6, 6.07) is -0.0995. The van der Waals surface area contributed by atoms with Gasteiger partial charge in [0.15, 0.2) is 5.44 Å². The number of thioether (sulfide) groups is 1. The molecule has 1 saturated heterocycles. The minimum absolute atomic E-state index is 0.190. The van der Waals surface area contributed by atoms with Crippen LogP contribution in [0, 0.1) is 0 Å². The fourth-order valence-electron chi connectivity index (χ4n) is 1.70. The Morgan fingerprint density at radius 2 is 2.20 bits per heavy atom. The molecule has 0 aromatic rings. The van der Waals surface area contributed by atoms with Gasteiger partial charge in [0, 0.05) is 7.05 Å². The molecule has 6 nitrogen and oxygen atoms in total. The molecule has 4 N–H and O–H groups in total. The number of aliphatic imine (C=N–C) groups is 1. The van der Waals surface area contributed by atoms with Gasteiger partial charge in [-0.3, -0.25) is 0 Å². The van der Waals surface area contributed by atoms with Crippen molar-refractivity contribution in [3.05, 3.63) is 0 Å². The molecule has 0 saturated carbocycles. The molecule has 2 heterocycles. The van der Waals surface area contributed by atoms with Crippen molar-refractivity contribution in [1.82, 2.24) is 5.32 Å². The second-order valence-corrected chi connectivity index (χ2v) is 4.84. The number of nitrogens with zero attached hydrogens (tertiary/aromatic N) is 1. The number of hydrogen-bond donors (Lipinski definition) is 4. The van der Waals surface area contributed by atoms with Crippen LogP contribution >= 0.6 is 11.8 Å². The van der Waals surface area contributed by atoms with Crippen molar-refractivity contribution in [2.24, 2.45) is 4.99 Å². The molecular formula is C8H14N2O4S. The minimum atomic E-state index is -0.987. The summed E-state index contributed by atoms with van der Waals surface area (Å²) in [6.45, 7) is -0.190. The molecule has 2 rings (SSSR count). The number of amidine groups is 1. The molecule has 0 aromatic carbocycles. The van der Waals surface area contributed by atoms with Crippen LogP contribution in [0.2, 0.25) is 0 Å². The van der Waals surface area contributed by atoms with E-state index in [1.807, 2.05) is 0 Å². The number of aliphatic hydroxyl groups excluding tert-OH is 3. The summed E-state index contributed by atoms with van der Waals surface area (Å²) in [7, 11) is 1.67. The summed E-state index contributed by atoms with van der Waals surface area (Å²) in [6.07, 6.45) is -1.95. The largest absolute Gasteiger partial charge is 0.448 e.